The van der Waals surface area contributed by atoms with E-state index in [4.69, 9.17) is 20.9 Å². The van der Waals surface area contributed by atoms with Gasteiger partial charge in [-0.05, 0) is 0 Å². The normalized spacial score (nSPS) is 29.9. The van der Waals surface area contributed by atoms with Crippen LogP contribution in [-0.4, -0.2) is 106 Å². The number of nitrogens with one attached hydrogen (secondary N) is 2. The molecular weight excluding hydrogens is 852 g/mol. The van der Waals surface area contributed by atoms with E-state index < -0.39 is 110 Å². The molecule has 3 aromatic rings. The van der Waals surface area contributed by atoms with Gasteiger partial charge in [-0.15, -0.1) is 0 Å². The van der Waals surface area contributed by atoms with E-state index in [0.29, 0.717) is 4.57 Å². The zero-order valence-corrected chi connectivity index (χ0v) is 31.0. The van der Waals surface area contributed by atoms with Gasteiger partial charge in [0, 0.05) is 12.7 Å². The van der Waals surface area contributed by atoms with Crippen molar-refractivity contribution in [2.24, 2.45) is 5.73 Å². The lowest BCUT2D eigenvalue weighted by Crippen LogP contribution is -2.38. The highest BCUT2D eigenvalue weighted by atomic mass is 31.3. The van der Waals surface area contributed by atoms with E-state index in [9.17, 15) is 72.6 Å². The summed E-state index contributed by atoms with van der Waals surface area (Å²) in [6.07, 6.45) is -10.4. The number of phosphoric ester groups is 2. The average Bonchev–Trinajstić information content (AvgIpc) is 3.70. The lowest BCUT2D eigenvalue weighted by atomic mass is 10.1. The maximum Gasteiger partial charge on any atom is 0.330 e. The molecule has 12 atom stereocenters. The molecule has 56 heavy (non-hydrogen) atoms. The van der Waals surface area contributed by atoms with Crippen LogP contribution >= 0.6 is 31.3 Å². The Morgan fingerprint density at radius 1 is 0.786 bits per heavy atom. The molecule has 0 bridgehead atoms. The van der Waals surface area contributed by atoms with E-state index in [-0.39, 0.29) is 29.2 Å². The van der Waals surface area contributed by atoms with Crippen LogP contribution in [0, 0.1) is 0 Å². The number of nitrogen functional groups attached to an aromatic ring is 1. The molecule has 0 saturated carbocycles. The van der Waals surface area contributed by atoms with Crippen molar-refractivity contribution in [1.29, 1.82) is 0 Å². The number of anilines is 1. The second kappa shape index (κ2) is 16.6. The van der Waals surface area contributed by atoms with Crippen molar-refractivity contribution in [1.82, 2.24) is 29.1 Å². The van der Waals surface area contributed by atoms with Crippen LogP contribution in [0.3, 0.4) is 0 Å². The Bertz CT molecular complexity index is 2350. The third-order valence-electron chi connectivity index (χ3n) is 7.50. The summed E-state index contributed by atoms with van der Waals surface area (Å²) in [5, 5.41) is 41.5. The van der Waals surface area contributed by atoms with Gasteiger partial charge >= 0.3 is 5.69 Å². The fourth-order valence-corrected chi connectivity index (χ4v) is 9.85. The minimum atomic E-state index is -6.68. The fraction of sp³-hybridized carbons (Fsp3) is 0.500. The number of imidazole rings is 1. The molecule has 2 aliphatic heterocycles. The summed E-state index contributed by atoms with van der Waals surface area (Å²) in [7, 11) is -25.8. The quantitative estimate of drug-likeness (QED) is 0.0620. The third-order valence-corrected chi connectivity index (χ3v) is 13.2. The maximum absolute atomic E-state index is 12.3. The van der Waals surface area contributed by atoms with Gasteiger partial charge in [-0.25, -0.2) is 22.7 Å². The van der Waals surface area contributed by atoms with Crippen LogP contribution in [0.5, 0.6) is 0 Å². The number of nitrogens with two attached hydrogens (primary N) is 2. The van der Waals surface area contributed by atoms with Crippen LogP contribution in [0.25, 0.3) is 17.2 Å². The van der Waals surface area contributed by atoms with E-state index in [1.54, 1.807) is 0 Å². The Balaban J connectivity index is 1.15. The van der Waals surface area contributed by atoms with Crippen molar-refractivity contribution >= 4 is 54.5 Å². The minimum absolute atomic E-state index is 0.00476. The maximum atomic E-state index is 12.3. The van der Waals surface area contributed by atoms with Crippen LogP contribution in [0.4, 0.5) is 5.95 Å². The second-order valence-electron chi connectivity index (χ2n) is 11.4. The summed E-state index contributed by atoms with van der Waals surface area (Å²) in [5.74, 6) is -0.367. The van der Waals surface area contributed by atoms with Crippen molar-refractivity contribution in [2.45, 2.75) is 49.1 Å². The van der Waals surface area contributed by atoms with Gasteiger partial charge in [0.25, 0.3) is 42.4 Å². The molecule has 34 heteroatoms. The molecule has 3 aromatic heterocycles. The number of hydrogen-bond acceptors (Lipinski definition) is 26. The highest BCUT2D eigenvalue weighted by Gasteiger charge is 2.46. The van der Waals surface area contributed by atoms with Crippen LogP contribution in [0.1, 0.15) is 18.0 Å². The third kappa shape index (κ3) is 10.1. The molecule has 0 aliphatic carbocycles. The van der Waals surface area contributed by atoms with Gasteiger partial charge in [-0.2, -0.15) is 4.98 Å². The number of H-pyrrole nitrogens is 2. The van der Waals surface area contributed by atoms with Gasteiger partial charge in [0.1, 0.15) is 36.6 Å². The first-order chi connectivity index (χ1) is 25.9. The molecule has 2 fully saturated rings. The number of rotatable bonds is 16. The molecule has 2 saturated heterocycles. The van der Waals surface area contributed by atoms with Crippen molar-refractivity contribution in [3.8, 4) is 0 Å². The molecule has 0 radical (unpaired) electrons. The summed E-state index contributed by atoms with van der Waals surface area (Å²) < 4.78 is 80.1. The van der Waals surface area contributed by atoms with Gasteiger partial charge in [0.05, 0.1) is 25.1 Å². The Labute approximate surface area is 308 Å². The smallest absolute Gasteiger partial charge is 0.330 e. The predicted octanol–water partition coefficient (Wildman–Crippen LogP) is -6.58. The number of ether oxygens (including phenoxy) is 2. The monoisotopic (exact) mass is 880 g/mol. The summed E-state index contributed by atoms with van der Waals surface area (Å²) in [5.41, 5.74) is 7.40. The lowest BCUT2D eigenvalue weighted by molar-refractivity contribution is -0.255. The number of aliphatic hydroxyl groups is 4. The summed E-state index contributed by atoms with van der Waals surface area (Å²) in [6, 6.07) is 0. The Morgan fingerprint density at radius 2 is 1.29 bits per heavy atom. The summed E-state index contributed by atoms with van der Waals surface area (Å²) in [4.78, 5) is 96.8. The summed E-state index contributed by atoms with van der Waals surface area (Å²) >= 11 is 0. The van der Waals surface area contributed by atoms with Crippen molar-refractivity contribution in [2.75, 3.05) is 25.5 Å². The highest BCUT2D eigenvalue weighted by Crippen LogP contribution is 2.66. The van der Waals surface area contributed by atoms with Gasteiger partial charge < -0.3 is 70.0 Å². The Morgan fingerprint density at radius 3 is 1.80 bits per heavy atom. The molecule has 0 spiro atoms. The number of aromatic amines is 2. The largest absolute Gasteiger partial charge is 0.756 e. The number of nitrogens with zero attached hydrogens (tertiary/aromatic N) is 4. The van der Waals surface area contributed by atoms with E-state index in [2.05, 4.69) is 36.9 Å². The number of phosphoric acid groups is 4. The Kier molecular flexibility index (Phi) is 13.0. The number of aromatic nitrogens is 6. The zero-order valence-electron chi connectivity index (χ0n) is 27.4. The standard InChI is InChI=1S/C22H32N8O22P4/c23-3-1-2-8-4-29(22(37)28-17(8)35)19-14(33)12(31)9(48-19)5-46-53(38,39)50-55(42,43)52-56(44,45)51-54(40,41)47-6-10-13(32)15(34)20(49-10)30-7-25-11-16(30)26-21(24)27-18(11)36/h1-2,4,7,9-10,12-15,19-20,31-34H,3,5-6,23H2,(H,38,39)(H,40,41)(H,42,43)(H,44,45)(H,28,35,37)(H3,24,26,27,36)/p-4/b2-1+/t9-,10-,12+,13?,14?,15?,19-,20-/m0/s1. The van der Waals surface area contributed by atoms with E-state index >= 15 is 0 Å². The molecule has 10 N–H and O–H groups in total. The molecule has 7 unspecified atom stereocenters. The number of fused-ring (bicyclic) bond motifs is 1. The van der Waals surface area contributed by atoms with Crippen molar-refractivity contribution < 1.29 is 89.7 Å². The SMILES string of the molecule is NC/C=C/c1cn([C@H]2O[C@@H](COP(=O)([O-])OP(=O)([O-])OP(=O)([O-])OP(=O)([O-])OC[C@@H]3O[C@H](n4cnc5c(=O)[nH]c(N)nc54)C(O)C3O)[C@@H](O)C2O)c(=O)[nH]c1=O. The van der Waals surface area contributed by atoms with E-state index in [0.717, 1.165) is 17.1 Å². The molecule has 0 amide bonds. The van der Waals surface area contributed by atoms with E-state index in [1.807, 2.05) is 4.98 Å². The zero-order chi connectivity index (χ0) is 41.5. The first kappa shape index (κ1) is 44.0. The predicted molar refractivity (Wildman–Crippen MR) is 169 cm³/mol. The van der Waals surface area contributed by atoms with Gasteiger partial charge in [-0.3, -0.25) is 47.0 Å². The Hall–Kier alpha value is -3.15. The molecule has 312 valence electrons. The fourth-order valence-electron chi connectivity index (χ4n) is 5.10. The van der Waals surface area contributed by atoms with Crippen molar-refractivity contribution in [3.63, 3.8) is 0 Å². The van der Waals surface area contributed by atoms with Gasteiger partial charge in [-0.1, -0.05) is 12.2 Å². The minimum Gasteiger partial charge on any atom is -0.756 e. The lowest BCUT2D eigenvalue weighted by Gasteiger charge is -2.36. The highest BCUT2D eigenvalue weighted by molar-refractivity contribution is 7.68. The summed E-state index contributed by atoms with van der Waals surface area (Å²) in [6.45, 7) is -2.66. The van der Waals surface area contributed by atoms with Crippen LogP contribution in [0.2, 0.25) is 0 Å². The van der Waals surface area contributed by atoms with Gasteiger partial charge in [0.15, 0.2) is 23.6 Å². The molecule has 5 heterocycles. The van der Waals surface area contributed by atoms with Gasteiger partial charge in [0.2, 0.25) is 5.95 Å². The second-order valence-corrected chi connectivity index (χ2v) is 17.4. The molecule has 30 nitrogen and oxygen atoms in total. The topological polar surface area (TPSA) is 477 Å². The molecule has 2 aliphatic rings. The van der Waals surface area contributed by atoms with Crippen LogP contribution in [0.15, 0.2) is 33.0 Å². The number of hydrogen-bond donors (Lipinski definition) is 8. The molecular formula is C22H28N8O22P4-4. The first-order valence-corrected chi connectivity index (χ1v) is 20.9. The molecule has 5 rings (SSSR count). The van der Waals surface area contributed by atoms with Crippen LogP contribution < -0.4 is 47.8 Å². The van der Waals surface area contributed by atoms with Crippen LogP contribution in [-0.2, 0) is 49.7 Å². The molecule has 0 aromatic carbocycles. The average molecular weight is 880 g/mol. The van der Waals surface area contributed by atoms with E-state index in [1.165, 1.54) is 12.2 Å². The first-order valence-electron chi connectivity index (χ1n) is 15.1. The number of aliphatic hydroxyl groups excluding tert-OH is 4. The van der Waals surface area contributed by atoms with Crippen molar-refractivity contribution in [3.05, 3.63) is 55.4 Å².